The summed E-state index contributed by atoms with van der Waals surface area (Å²) in [5.74, 6) is 0.973. The van der Waals surface area contributed by atoms with Crippen molar-refractivity contribution in [3.05, 3.63) is 0 Å². The van der Waals surface area contributed by atoms with Crippen LogP contribution in [0, 0.1) is 5.92 Å². The molecule has 3 heteroatoms. The fraction of sp³-hybridized carbons (Fsp3) is 1.00. The van der Waals surface area contributed by atoms with Crippen molar-refractivity contribution < 1.29 is 0 Å². The average Bonchev–Trinajstić information content (AvgIpc) is 3.05. The fourth-order valence-corrected chi connectivity index (χ4v) is 2.91. The van der Waals surface area contributed by atoms with E-state index in [9.17, 15) is 0 Å². The number of likely N-dealkylation sites (tertiary alicyclic amines) is 1. The average molecular weight is 239 g/mol. The molecule has 1 aliphatic heterocycles. The molecule has 1 aliphatic carbocycles. The Morgan fingerprint density at radius 3 is 2.71 bits per heavy atom. The minimum atomic E-state index is 0.734. The molecule has 0 aromatic rings. The van der Waals surface area contributed by atoms with Gasteiger partial charge in [0.2, 0.25) is 0 Å². The highest BCUT2D eigenvalue weighted by Crippen LogP contribution is 2.32. The van der Waals surface area contributed by atoms with Crippen molar-refractivity contribution >= 4 is 0 Å². The molecular weight excluding hydrogens is 210 g/mol. The summed E-state index contributed by atoms with van der Waals surface area (Å²) in [7, 11) is 4.52. The van der Waals surface area contributed by atoms with Crippen LogP contribution in [0.1, 0.15) is 32.6 Å². The SMILES string of the molecule is CC(NCCN(C)CC1CCCN1C)C1CC1. The maximum Gasteiger partial charge on any atom is 0.0220 e. The molecular formula is C14H29N3. The van der Waals surface area contributed by atoms with Crippen LogP contribution in [0.5, 0.6) is 0 Å². The molecule has 1 saturated carbocycles. The summed E-state index contributed by atoms with van der Waals surface area (Å²) < 4.78 is 0. The van der Waals surface area contributed by atoms with Crippen LogP contribution in [-0.4, -0.2) is 62.2 Å². The fourth-order valence-electron chi connectivity index (χ4n) is 2.91. The van der Waals surface area contributed by atoms with Gasteiger partial charge >= 0.3 is 0 Å². The molecule has 0 bridgehead atoms. The quantitative estimate of drug-likeness (QED) is 0.724. The molecule has 3 nitrogen and oxygen atoms in total. The van der Waals surface area contributed by atoms with Crippen LogP contribution in [0.4, 0.5) is 0 Å². The zero-order valence-electron chi connectivity index (χ0n) is 11.8. The second kappa shape index (κ2) is 6.17. The van der Waals surface area contributed by atoms with Crippen LogP contribution >= 0.6 is 0 Å². The molecule has 1 N–H and O–H groups in total. The molecule has 2 atom stereocenters. The second-order valence-corrected chi connectivity index (χ2v) is 6.12. The minimum Gasteiger partial charge on any atom is -0.313 e. The molecule has 0 spiro atoms. The molecule has 17 heavy (non-hydrogen) atoms. The Morgan fingerprint density at radius 2 is 2.12 bits per heavy atom. The molecule has 2 aliphatic rings. The van der Waals surface area contributed by atoms with E-state index in [0.717, 1.165) is 24.5 Å². The van der Waals surface area contributed by atoms with Gasteiger partial charge in [-0.3, -0.25) is 0 Å². The highest BCUT2D eigenvalue weighted by molar-refractivity contribution is 4.83. The van der Waals surface area contributed by atoms with Gasteiger partial charge in [-0.2, -0.15) is 0 Å². The lowest BCUT2D eigenvalue weighted by Crippen LogP contribution is -2.41. The molecule has 0 radical (unpaired) electrons. The smallest absolute Gasteiger partial charge is 0.0220 e. The van der Waals surface area contributed by atoms with Crippen LogP contribution in [-0.2, 0) is 0 Å². The first-order valence-electron chi connectivity index (χ1n) is 7.29. The topological polar surface area (TPSA) is 18.5 Å². The third-order valence-corrected chi connectivity index (χ3v) is 4.48. The lowest BCUT2D eigenvalue weighted by Gasteiger charge is -2.26. The normalized spacial score (nSPS) is 27.9. The Balaban J connectivity index is 1.55. The van der Waals surface area contributed by atoms with Crippen molar-refractivity contribution in [3.63, 3.8) is 0 Å². The maximum absolute atomic E-state index is 3.66. The van der Waals surface area contributed by atoms with Crippen LogP contribution in [0.2, 0.25) is 0 Å². The third-order valence-electron chi connectivity index (χ3n) is 4.48. The zero-order chi connectivity index (χ0) is 12.3. The largest absolute Gasteiger partial charge is 0.313 e. The molecule has 2 rings (SSSR count). The van der Waals surface area contributed by atoms with E-state index in [-0.39, 0.29) is 0 Å². The molecule has 100 valence electrons. The van der Waals surface area contributed by atoms with Gasteiger partial charge in [-0.1, -0.05) is 0 Å². The predicted molar refractivity (Wildman–Crippen MR) is 73.3 cm³/mol. The van der Waals surface area contributed by atoms with Crippen molar-refractivity contribution in [2.24, 2.45) is 5.92 Å². The Labute approximate surface area is 107 Å². The number of hydrogen-bond donors (Lipinski definition) is 1. The monoisotopic (exact) mass is 239 g/mol. The second-order valence-electron chi connectivity index (χ2n) is 6.12. The van der Waals surface area contributed by atoms with E-state index in [0.29, 0.717) is 0 Å². The van der Waals surface area contributed by atoms with Crippen LogP contribution in [0.15, 0.2) is 0 Å². The summed E-state index contributed by atoms with van der Waals surface area (Å²) in [6.07, 6.45) is 5.65. The van der Waals surface area contributed by atoms with Gasteiger partial charge in [-0.05, 0) is 59.2 Å². The lowest BCUT2D eigenvalue weighted by atomic mass is 10.2. The van der Waals surface area contributed by atoms with Crippen LogP contribution in [0.3, 0.4) is 0 Å². The van der Waals surface area contributed by atoms with E-state index in [4.69, 9.17) is 0 Å². The van der Waals surface area contributed by atoms with Crippen molar-refractivity contribution in [1.29, 1.82) is 0 Å². The molecule has 1 saturated heterocycles. The van der Waals surface area contributed by atoms with Crippen molar-refractivity contribution in [2.75, 3.05) is 40.3 Å². The van der Waals surface area contributed by atoms with Crippen LogP contribution < -0.4 is 5.32 Å². The maximum atomic E-state index is 3.66. The molecule has 0 aromatic carbocycles. The van der Waals surface area contributed by atoms with Gasteiger partial charge in [0.1, 0.15) is 0 Å². The Kier molecular flexibility index (Phi) is 4.83. The summed E-state index contributed by atoms with van der Waals surface area (Å²) >= 11 is 0. The standard InChI is InChI=1S/C14H29N3/c1-12(13-6-7-13)15-8-10-16(2)11-14-5-4-9-17(14)3/h12-15H,4-11H2,1-3H3. The predicted octanol–water partition coefficient (Wildman–Crippen LogP) is 1.40. The molecule has 1 heterocycles. The number of rotatable bonds is 7. The van der Waals surface area contributed by atoms with Gasteiger partial charge in [0, 0.05) is 31.7 Å². The van der Waals surface area contributed by atoms with E-state index >= 15 is 0 Å². The van der Waals surface area contributed by atoms with E-state index in [2.05, 4.69) is 36.1 Å². The van der Waals surface area contributed by atoms with Gasteiger partial charge in [-0.25, -0.2) is 0 Å². The summed E-state index contributed by atoms with van der Waals surface area (Å²) in [4.78, 5) is 5.00. The van der Waals surface area contributed by atoms with Crippen molar-refractivity contribution in [3.8, 4) is 0 Å². The van der Waals surface area contributed by atoms with E-state index < -0.39 is 0 Å². The van der Waals surface area contributed by atoms with Gasteiger partial charge in [0.15, 0.2) is 0 Å². The summed E-state index contributed by atoms with van der Waals surface area (Å²) in [5, 5.41) is 3.66. The van der Waals surface area contributed by atoms with Gasteiger partial charge in [-0.15, -0.1) is 0 Å². The number of nitrogens with one attached hydrogen (secondary N) is 1. The lowest BCUT2D eigenvalue weighted by molar-refractivity contribution is 0.218. The van der Waals surface area contributed by atoms with Gasteiger partial charge in [0.25, 0.3) is 0 Å². The van der Waals surface area contributed by atoms with Crippen molar-refractivity contribution in [2.45, 2.75) is 44.7 Å². The summed E-state index contributed by atoms with van der Waals surface area (Å²) in [6.45, 7) is 7.18. The molecule has 2 unspecified atom stereocenters. The summed E-state index contributed by atoms with van der Waals surface area (Å²) in [6, 6.07) is 1.53. The van der Waals surface area contributed by atoms with Crippen molar-refractivity contribution in [1.82, 2.24) is 15.1 Å². The Hall–Kier alpha value is -0.120. The number of likely N-dealkylation sites (N-methyl/N-ethyl adjacent to an activating group) is 2. The molecule has 0 amide bonds. The minimum absolute atomic E-state index is 0.734. The van der Waals surface area contributed by atoms with E-state index in [1.165, 1.54) is 45.3 Å². The first-order valence-corrected chi connectivity index (χ1v) is 7.29. The zero-order valence-corrected chi connectivity index (χ0v) is 11.8. The number of nitrogens with zero attached hydrogens (tertiary/aromatic N) is 2. The molecule has 2 fully saturated rings. The first-order chi connectivity index (χ1) is 8.16. The van der Waals surface area contributed by atoms with E-state index in [1.54, 1.807) is 0 Å². The Morgan fingerprint density at radius 1 is 1.35 bits per heavy atom. The molecule has 0 aromatic heterocycles. The highest BCUT2D eigenvalue weighted by Gasteiger charge is 2.27. The van der Waals surface area contributed by atoms with E-state index in [1.807, 2.05) is 0 Å². The summed E-state index contributed by atoms with van der Waals surface area (Å²) in [5.41, 5.74) is 0. The highest BCUT2D eigenvalue weighted by atomic mass is 15.2. The van der Waals surface area contributed by atoms with Gasteiger partial charge in [0.05, 0.1) is 0 Å². The van der Waals surface area contributed by atoms with Gasteiger partial charge < -0.3 is 15.1 Å². The van der Waals surface area contributed by atoms with Crippen LogP contribution in [0.25, 0.3) is 0 Å². The number of hydrogen-bond acceptors (Lipinski definition) is 3. The Bertz CT molecular complexity index is 228. The first kappa shape index (κ1) is 13.3. The third kappa shape index (κ3) is 4.23.